The fraction of sp³-hybridized carbons (Fsp3) is 0.200. The number of anilines is 1. The van der Waals surface area contributed by atoms with E-state index in [2.05, 4.69) is 10.1 Å². The number of fused-ring (bicyclic) bond motifs is 1. The Morgan fingerprint density at radius 1 is 1.10 bits per heavy atom. The highest BCUT2D eigenvalue weighted by atomic mass is 16.5. The zero-order chi connectivity index (χ0) is 15.0. The van der Waals surface area contributed by atoms with Crippen LogP contribution in [-0.2, 0) is 0 Å². The molecule has 1 aromatic carbocycles. The predicted octanol–water partition coefficient (Wildman–Crippen LogP) is 2.30. The Kier molecular flexibility index (Phi) is 3.13. The minimum atomic E-state index is 0.542. The molecule has 0 aliphatic rings. The Hall–Kier alpha value is -2.76. The van der Waals surface area contributed by atoms with Crippen molar-refractivity contribution < 1.29 is 9.47 Å². The van der Waals surface area contributed by atoms with Gasteiger partial charge < -0.3 is 15.2 Å². The number of nitrogens with two attached hydrogens (primary N) is 1. The number of ether oxygens (including phenoxy) is 2. The number of benzene rings is 1. The summed E-state index contributed by atoms with van der Waals surface area (Å²) in [6.45, 7) is 1.91. The molecule has 0 saturated heterocycles. The fourth-order valence-corrected chi connectivity index (χ4v) is 2.29. The molecule has 0 amide bonds. The van der Waals surface area contributed by atoms with E-state index in [0.717, 1.165) is 22.5 Å². The van der Waals surface area contributed by atoms with E-state index in [9.17, 15) is 0 Å². The highest BCUT2D eigenvalue weighted by Gasteiger charge is 2.12. The maximum atomic E-state index is 6.21. The van der Waals surface area contributed by atoms with E-state index < -0.39 is 0 Å². The molecule has 3 rings (SSSR count). The van der Waals surface area contributed by atoms with E-state index in [1.165, 1.54) is 0 Å². The quantitative estimate of drug-likeness (QED) is 0.798. The number of aromatic nitrogens is 3. The van der Waals surface area contributed by atoms with E-state index in [0.29, 0.717) is 17.3 Å². The molecule has 21 heavy (non-hydrogen) atoms. The average Bonchev–Trinajstić information content (AvgIpc) is 2.88. The lowest BCUT2D eigenvalue weighted by molar-refractivity contribution is 0.355. The van der Waals surface area contributed by atoms with Gasteiger partial charge in [-0.2, -0.15) is 9.61 Å². The highest BCUT2D eigenvalue weighted by Crippen LogP contribution is 2.34. The Morgan fingerprint density at radius 2 is 1.86 bits per heavy atom. The van der Waals surface area contributed by atoms with Crippen LogP contribution < -0.4 is 15.2 Å². The highest BCUT2D eigenvalue weighted by molar-refractivity contribution is 5.76. The molecule has 0 fully saturated rings. The van der Waals surface area contributed by atoms with Crippen molar-refractivity contribution >= 4 is 11.5 Å². The zero-order valence-electron chi connectivity index (χ0n) is 12.1. The van der Waals surface area contributed by atoms with E-state index in [1.54, 1.807) is 24.9 Å². The largest absolute Gasteiger partial charge is 0.493 e. The van der Waals surface area contributed by atoms with Gasteiger partial charge in [-0.05, 0) is 24.6 Å². The molecule has 0 spiro atoms. The number of nitrogens with zero attached hydrogens (tertiary/aromatic N) is 3. The summed E-state index contributed by atoms with van der Waals surface area (Å²) in [5.41, 5.74) is 9.51. The summed E-state index contributed by atoms with van der Waals surface area (Å²) < 4.78 is 12.2. The zero-order valence-corrected chi connectivity index (χ0v) is 12.1. The van der Waals surface area contributed by atoms with Gasteiger partial charge in [-0.1, -0.05) is 6.07 Å². The first-order valence-corrected chi connectivity index (χ1v) is 6.47. The van der Waals surface area contributed by atoms with Crippen LogP contribution in [0.2, 0.25) is 0 Å². The molecule has 3 aromatic rings. The normalized spacial score (nSPS) is 10.8. The number of nitrogen functional groups attached to an aromatic ring is 1. The standard InChI is InChI=1S/C15H16N4O2/c1-9-6-14-17-8-11(15(16)19(14)18-9)10-4-5-12(20-2)13(7-10)21-3/h4-8H,16H2,1-3H3. The van der Waals surface area contributed by atoms with Gasteiger partial charge in [0.25, 0.3) is 0 Å². The van der Waals surface area contributed by atoms with Crippen LogP contribution in [0.15, 0.2) is 30.5 Å². The molecule has 0 aliphatic heterocycles. The van der Waals surface area contributed by atoms with E-state index in [4.69, 9.17) is 15.2 Å². The number of hydrogen-bond donors (Lipinski definition) is 1. The maximum Gasteiger partial charge on any atom is 0.161 e. The summed E-state index contributed by atoms with van der Waals surface area (Å²) in [7, 11) is 3.20. The molecular weight excluding hydrogens is 268 g/mol. The predicted molar refractivity (Wildman–Crippen MR) is 80.7 cm³/mol. The fourth-order valence-electron chi connectivity index (χ4n) is 2.29. The summed E-state index contributed by atoms with van der Waals surface area (Å²) >= 11 is 0. The molecule has 6 heteroatoms. The third kappa shape index (κ3) is 2.14. The molecule has 0 saturated carbocycles. The molecule has 2 heterocycles. The Morgan fingerprint density at radius 3 is 2.57 bits per heavy atom. The van der Waals surface area contributed by atoms with Crippen LogP contribution >= 0.6 is 0 Å². The first-order valence-electron chi connectivity index (χ1n) is 6.47. The van der Waals surface area contributed by atoms with Gasteiger partial charge in [-0.15, -0.1) is 0 Å². The van der Waals surface area contributed by atoms with Crippen LogP contribution in [0.25, 0.3) is 16.8 Å². The molecule has 6 nitrogen and oxygen atoms in total. The van der Waals surface area contributed by atoms with Gasteiger partial charge >= 0.3 is 0 Å². The SMILES string of the molecule is COc1ccc(-c2cnc3cc(C)nn3c2N)cc1OC. The molecule has 108 valence electrons. The number of methoxy groups -OCH3 is 2. The Balaban J connectivity index is 2.18. The van der Waals surface area contributed by atoms with Crippen molar-refractivity contribution in [2.75, 3.05) is 20.0 Å². The van der Waals surface area contributed by atoms with Crippen molar-refractivity contribution in [3.8, 4) is 22.6 Å². The summed E-state index contributed by atoms with van der Waals surface area (Å²) in [6.07, 6.45) is 1.74. The molecule has 0 bridgehead atoms. The van der Waals surface area contributed by atoms with Crippen molar-refractivity contribution in [1.82, 2.24) is 14.6 Å². The second-order valence-electron chi connectivity index (χ2n) is 4.68. The monoisotopic (exact) mass is 284 g/mol. The minimum Gasteiger partial charge on any atom is -0.493 e. The molecular formula is C15H16N4O2. The van der Waals surface area contributed by atoms with Gasteiger partial charge in [-0.25, -0.2) is 4.98 Å². The van der Waals surface area contributed by atoms with Crippen molar-refractivity contribution in [1.29, 1.82) is 0 Å². The lowest BCUT2D eigenvalue weighted by Gasteiger charge is -2.11. The smallest absolute Gasteiger partial charge is 0.161 e. The van der Waals surface area contributed by atoms with Crippen molar-refractivity contribution in [2.45, 2.75) is 6.92 Å². The Labute approximate surface area is 122 Å². The molecule has 0 atom stereocenters. The maximum absolute atomic E-state index is 6.21. The van der Waals surface area contributed by atoms with Gasteiger partial charge in [0.15, 0.2) is 17.1 Å². The van der Waals surface area contributed by atoms with Gasteiger partial charge in [0.05, 0.1) is 19.9 Å². The molecule has 2 N–H and O–H groups in total. The number of aryl methyl sites for hydroxylation is 1. The minimum absolute atomic E-state index is 0.542. The van der Waals surface area contributed by atoms with Crippen LogP contribution in [0.5, 0.6) is 11.5 Å². The lowest BCUT2D eigenvalue weighted by Crippen LogP contribution is -2.03. The van der Waals surface area contributed by atoms with E-state index >= 15 is 0 Å². The van der Waals surface area contributed by atoms with E-state index in [-0.39, 0.29) is 0 Å². The third-order valence-electron chi connectivity index (χ3n) is 3.34. The van der Waals surface area contributed by atoms with Crippen LogP contribution in [0.1, 0.15) is 5.69 Å². The van der Waals surface area contributed by atoms with Crippen molar-refractivity contribution in [3.63, 3.8) is 0 Å². The summed E-state index contributed by atoms with van der Waals surface area (Å²) in [6, 6.07) is 7.51. The second-order valence-corrected chi connectivity index (χ2v) is 4.68. The molecule has 2 aromatic heterocycles. The van der Waals surface area contributed by atoms with Crippen LogP contribution in [0.4, 0.5) is 5.82 Å². The van der Waals surface area contributed by atoms with Crippen molar-refractivity contribution in [3.05, 3.63) is 36.2 Å². The second kappa shape index (κ2) is 4.97. The van der Waals surface area contributed by atoms with E-state index in [1.807, 2.05) is 31.2 Å². The van der Waals surface area contributed by atoms with Crippen LogP contribution in [0, 0.1) is 6.92 Å². The summed E-state index contributed by atoms with van der Waals surface area (Å²) in [5, 5.41) is 4.35. The topological polar surface area (TPSA) is 74.7 Å². The van der Waals surface area contributed by atoms with Crippen LogP contribution in [-0.4, -0.2) is 28.8 Å². The van der Waals surface area contributed by atoms with Gasteiger partial charge in [0, 0.05) is 17.8 Å². The lowest BCUT2D eigenvalue weighted by atomic mass is 10.1. The summed E-state index contributed by atoms with van der Waals surface area (Å²) in [4.78, 5) is 4.39. The first-order chi connectivity index (χ1) is 10.1. The van der Waals surface area contributed by atoms with Gasteiger partial charge in [0.2, 0.25) is 0 Å². The van der Waals surface area contributed by atoms with Crippen molar-refractivity contribution in [2.24, 2.45) is 0 Å². The third-order valence-corrected chi connectivity index (χ3v) is 3.34. The molecule has 0 radical (unpaired) electrons. The van der Waals surface area contributed by atoms with Gasteiger partial charge in [-0.3, -0.25) is 0 Å². The molecule has 0 aliphatic carbocycles. The summed E-state index contributed by atoms with van der Waals surface area (Å²) in [5.74, 6) is 1.86. The first kappa shape index (κ1) is 13.2. The average molecular weight is 284 g/mol. The Bertz CT molecular complexity index is 811. The molecule has 0 unspecified atom stereocenters. The number of hydrogen-bond acceptors (Lipinski definition) is 5. The number of rotatable bonds is 3. The van der Waals surface area contributed by atoms with Crippen LogP contribution in [0.3, 0.4) is 0 Å². The van der Waals surface area contributed by atoms with Gasteiger partial charge in [0.1, 0.15) is 5.82 Å².